The highest BCUT2D eigenvalue weighted by Gasteiger charge is 2.06. The van der Waals surface area contributed by atoms with Crippen LogP contribution in [0, 0.1) is 6.92 Å². The summed E-state index contributed by atoms with van der Waals surface area (Å²) in [7, 11) is 0. The second kappa shape index (κ2) is 3.46. The Morgan fingerprint density at radius 1 is 1.43 bits per heavy atom. The third-order valence-corrected chi connectivity index (χ3v) is 3.01. The number of H-pyrrole nitrogens is 1. The molecule has 0 amide bonds. The maximum absolute atomic E-state index is 5.55. The summed E-state index contributed by atoms with van der Waals surface area (Å²) in [5, 5.41) is 6.80. The van der Waals surface area contributed by atoms with E-state index in [-0.39, 0.29) is 0 Å². The number of benzene rings is 1. The van der Waals surface area contributed by atoms with Crippen LogP contribution in [0.1, 0.15) is 5.56 Å². The Hall–Kier alpha value is -1.29. The maximum atomic E-state index is 5.55. The summed E-state index contributed by atoms with van der Waals surface area (Å²) >= 11 is 3.48. The van der Waals surface area contributed by atoms with Crippen LogP contribution in [0.3, 0.4) is 0 Å². The molecule has 0 atom stereocenters. The van der Waals surface area contributed by atoms with E-state index < -0.39 is 0 Å². The van der Waals surface area contributed by atoms with Crippen LogP contribution in [0.25, 0.3) is 11.3 Å². The Labute approximate surface area is 90.5 Å². The average molecular weight is 252 g/mol. The van der Waals surface area contributed by atoms with Gasteiger partial charge in [0.05, 0.1) is 5.69 Å². The van der Waals surface area contributed by atoms with Crippen LogP contribution in [-0.2, 0) is 0 Å². The van der Waals surface area contributed by atoms with Gasteiger partial charge in [0.15, 0.2) is 0 Å². The standard InChI is InChI=1S/C10H10BrN3/c1-6-7(3-2-4-8(6)11)9-5-10(12)14-13-9/h2-5H,1H3,(H3,12,13,14). The molecular formula is C10H10BrN3. The summed E-state index contributed by atoms with van der Waals surface area (Å²) in [4.78, 5) is 0. The summed E-state index contributed by atoms with van der Waals surface area (Å²) in [5.74, 6) is 0.513. The number of rotatable bonds is 1. The molecule has 0 aliphatic heterocycles. The lowest BCUT2D eigenvalue weighted by Crippen LogP contribution is -1.84. The van der Waals surface area contributed by atoms with E-state index in [1.54, 1.807) is 0 Å². The third kappa shape index (κ3) is 1.53. The topological polar surface area (TPSA) is 54.7 Å². The van der Waals surface area contributed by atoms with E-state index in [2.05, 4.69) is 33.1 Å². The van der Waals surface area contributed by atoms with E-state index in [1.807, 2.05) is 24.3 Å². The molecule has 0 radical (unpaired) electrons. The molecule has 0 bridgehead atoms. The summed E-state index contributed by atoms with van der Waals surface area (Å²) in [5.41, 5.74) is 8.79. The molecule has 1 aromatic heterocycles. The van der Waals surface area contributed by atoms with Gasteiger partial charge in [0.1, 0.15) is 5.82 Å². The van der Waals surface area contributed by atoms with E-state index in [1.165, 1.54) is 5.56 Å². The normalized spacial score (nSPS) is 10.4. The Morgan fingerprint density at radius 3 is 2.86 bits per heavy atom. The van der Waals surface area contributed by atoms with Crippen molar-refractivity contribution in [3.63, 3.8) is 0 Å². The van der Waals surface area contributed by atoms with Crippen molar-refractivity contribution in [2.45, 2.75) is 6.92 Å². The number of halogens is 1. The van der Waals surface area contributed by atoms with Gasteiger partial charge in [-0.3, -0.25) is 5.10 Å². The molecule has 0 saturated carbocycles. The zero-order valence-electron chi connectivity index (χ0n) is 7.71. The van der Waals surface area contributed by atoms with Gasteiger partial charge in [-0.05, 0) is 18.6 Å². The van der Waals surface area contributed by atoms with Crippen molar-refractivity contribution in [3.05, 3.63) is 34.3 Å². The summed E-state index contributed by atoms with van der Waals surface area (Å²) in [6, 6.07) is 7.86. The van der Waals surface area contributed by atoms with Crippen molar-refractivity contribution in [1.29, 1.82) is 0 Å². The van der Waals surface area contributed by atoms with Crippen LogP contribution < -0.4 is 5.73 Å². The molecule has 0 spiro atoms. The Morgan fingerprint density at radius 2 is 2.21 bits per heavy atom. The van der Waals surface area contributed by atoms with Crippen molar-refractivity contribution in [2.75, 3.05) is 5.73 Å². The highest BCUT2D eigenvalue weighted by atomic mass is 79.9. The first-order valence-corrected chi connectivity index (χ1v) is 5.04. The molecular weight excluding hydrogens is 242 g/mol. The molecule has 0 fully saturated rings. The van der Waals surface area contributed by atoms with Crippen molar-refractivity contribution < 1.29 is 0 Å². The molecule has 3 N–H and O–H groups in total. The van der Waals surface area contributed by atoms with Gasteiger partial charge >= 0.3 is 0 Å². The van der Waals surface area contributed by atoms with Crippen LogP contribution in [0.15, 0.2) is 28.7 Å². The van der Waals surface area contributed by atoms with Gasteiger partial charge in [-0.25, -0.2) is 0 Å². The number of hydrogen-bond donors (Lipinski definition) is 2. The van der Waals surface area contributed by atoms with Crippen LogP contribution in [0.4, 0.5) is 5.82 Å². The number of hydrogen-bond acceptors (Lipinski definition) is 2. The van der Waals surface area contributed by atoms with Crippen LogP contribution >= 0.6 is 15.9 Å². The van der Waals surface area contributed by atoms with Crippen LogP contribution in [0.2, 0.25) is 0 Å². The molecule has 2 aromatic rings. The fourth-order valence-corrected chi connectivity index (χ4v) is 1.74. The summed E-state index contributed by atoms with van der Waals surface area (Å²) in [6.45, 7) is 2.05. The average Bonchev–Trinajstić information content (AvgIpc) is 2.57. The Balaban J connectivity index is 2.57. The van der Waals surface area contributed by atoms with E-state index in [9.17, 15) is 0 Å². The lowest BCUT2D eigenvalue weighted by molar-refractivity contribution is 1.10. The zero-order chi connectivity index (χ0) is 10.1. The first-order chi connectivity index (χ1) is 6.68. The molecule has 0 unspecified atom stereocenters. The van der Waals surface area contributed by atoms with Gasteiger partial charge in [0.25, 0.3) is 0 Å². The summed E-state index contributed by atoms with van der Waals surface area (Å²) < 4.78 is 1.09. The van der Waals surface area contributed by atoms with Gasteiger partial charge < -0.3 is 5.73 Å². The van der Waals surface area contributed by atoms with Gasteiger partial charge in [0.2, 0.25) is 0 Å². The lowest BCUT2D eigenvalue weighted by Gasteiger charge is -2.04. The Bertz CT molecular complexity index is 462. The predicted molar refractivity (Wildman–Crippen MR) is 60.9 cm³/mol. The molecule has 0 aliphatic rings. The largest absolute Gasteiger partial charge is 0.382 e. The number of nitrogens with zero attached hydrogens (tertiary/aromatic N) is 1. The number of nitrogens with two attached hydrogens (primary N) is 1. The minimum atomic E-state index is 0.513. The van der Waals surface area contributed by atoms with Crippen LogP contribution in [-0.4, -0.2) is 10.2 Å². The smallest absolute Gasteiger partial charge is 0.145 e. The molecule has 0 aliphatic carbocycles. The maximum Gasteiger partial charge on any atom is 0.145 e. The highest BCUT2D eigenvalue weighted by molar-refractivity contribution is 9.10. The fourth-order valence-electron chi connectivity index (χ4n) is 1.37. The number of aromatic amines is 1. The van der Waals surface area contributed by atoms with Gasteiger partial charge in [-0.2, -0.15) is 5.10 Å². The molecule has 1 heterocycles. The Kier molecular flexibility index (Phi) is 2.29. The SMILES string of the molecule is Cc1c(Br)cccc1-c1cc(N)n[nH]1. The zero-order valence-corrected chi connectivity index (χ0v) is 9.30. The predicted octanol–water partition coefficient (Wildman–Crippen LogP) is 2.73. The number of nitrogens with one attached hydrogen (secondary N) is 1. The molecule has 14 heavy (non-hydrogen) atoms. The molecule has 4 heteroatoms. The van der Waals surface area contributed by atoms with Gasteiger partial charge in [-0.15, -0.1) is 0 Å². The summed E-state index contributed by atoms with van der Waals surface area (Å²) in [6.07, 6.45) is 0. The molecule has 3 nitrogen and oxygen atoms in total. The number of nitrogen functional groups attached to an aromatic ring is 1. The van der Waals surface area contributed by atoms with Crippen LogP contribution in [0.5, 0.6) is 0 Å². The number of anilines is 1. The third-order valence-electron chi connectivity index (χ3n) is 2.16. The fraction of sp³-hybridized carbons (Fsp3) is 0.100. The highest BCUT2D eigenvalue weighted by Crippen LogP contribution is 2.27. The van der Waals surface area contributed by atoms with E-state index >= 15 is 0 Å². The van der Waals surface area contributed by atoms with Crippen molar-refractivity contribution >= 4 is 21.7 Å². The number of aromatic nitrogens is 2. The molecule has 0 saturated heterocycles. The van der Waals surface area contributed by atoms with Crippen molar-refractivity contribution in [2.24, 2.45) is 0 Å². The van der Waals surface area contributed by atoms with E-state index in [0.717, 1.165) is 15.7 Å². The van der Waals surface area contributed by atoms with Gasteiger partial charge in [0, 0.05) is 16.1 Å². The molecule has 2 rings (SSSR count). The second-order valence-corrected chi connectivity index (χ2v) is 3.97. The van der Waals surface area contributed by atoms with Crippen molar-refractivity contribution in [3.8, 4) is 11.3 Å². The van der Waals surface area contributed by atoms with E-state index in [0.29, 0.717) is 5.82 Å². The first-order valence-electron chi connectivity index (χ1n) is 4.25. The quantitative estimate of drug-likeness (QED) is 0.819. The van der Waals surface area contributed by atoms with E-state index in [4.69, 9.17) is 5.73 Å². The van der Waals surface area contributed by atoms with Crippen molar-refractivity contribution in [1.82, 2.24) is 10.2 Å². The lowest BCUT2D eigenvalue weighted by atomic mass is 10.1. The molecule has 1 aromatic carbocycles. The minimum absolute atomic E-state index is 0.513. The monoisotopic (exact) mass is 251 g/mol. The minimum Gasteiger partial charge on any atom is -0.382 e. The van der Waals surface area contributed by atoms with Gasteiger partial charge in [-0.1, -0.05) is 28.1 Å². The first kappa shape index (κ1) is 9.27. The second-order valence-electron chi connectivity index (χ2n) is 3.12. The molecule has 72 valence electrons.